The third-order valence-corrected chi connectivity index (χ3v) is 3.18. The zero-order valence-corrected chi connectivity index (χ0v) is 8.46. The Morgan fingerprint density at radius 3 is 2.29 bits per heavy atom. The van der Waals surface area contributed by atoms with E-state index in [9.17, 15) is 12.8 Å². The molecule has 14 heavy (non-hydrogen) atoms. The fraction of sp³-hybridized carbons (Fsp3) is 0.111. The molecule has 0 bridgehead atoms. The summed E-state index contributed by atoms with van der Waals surface area (Å²) < 4.78 is 36.2. The molecule has 0 N–H and O–H groups in total. The Labute approximate surface area is 82.5 Å². The second kappa shape index (κ2) is 3.79. The molecule has 0 heterocycles. The highest BCUT2D eigenvalue weighted by molar-refractivity contribution is 7.95. The summed E-state index contributed by atoms with van der Waals surface area (Å²) in [6, 6.07) is 5.17. The Balaban J connectivity index is 3.07. The van der Waals surface area contributed by atoms with Crippen LogP contribution in [0.25, 0.3) is 0 Å². The summed E-state index contributed by atoms with van der Waals surface area (Å²) in [4.78, 5) is 0. The molecule has 0 unspecified atom stereocenters. The van der Waals surface area contributed by atoms with Crippen molar-refractivity contribution in [1.82, 2.24) is 0 Å². The van der Waals surface area contributed by atoms with Crippen LogP contribution in [0.4, 0.5) is 10.1 Å². The van der Waals surface area contributed by atoms with Gasteiger partial charge in [-0.25, -0.2) is 12.8 Å². The molecule has 0 aliphatic carbocycles. The van der Waals surface area contributed by atoms with E-state index >= 15 is 0 Å². The van der Waals surface area contributed by atoms with Gasteiger partial charge in [-0.3, -0.25) is 4.31 Å². The van der Waals surface area contributed by atoms with Crippen LogP contribution >= 0.6 is 0 Å². The topological polar surface area (TPSA) is 37.4 Å². The van der Waals surface area contributed by atoms with Gasteiger partial charge in [0.1, 0.15) is 5.82 Å². The summed E-state index contributed by atoms with van der Waals surface area (Å²) in [6.07, 6.45) is 0. The van der Waals surface area contributed by atoms with E-state index in [1.807, 2.05) is 0 Å². The van der Waals surface area contributed by atoms with Crippen LogP contribution < -0.4 is 4.31 Å². The molecule has 1 rings (SSSR count). The van der Waals surface area contributed by atoms with Crippen LogP contribution in [0.3, 0.4) is 0 Å². The van der Waals surface area contributed by atoms with Crippen molar-refractivity contribution in [3.63, 3.8) is 0 Å². The molecule has 0 atom stereocenters. The van der Waals surface area contributed by atoms with Crippen molar-refractivity contribution in [3.05, 3.63) is 42.1 Å². The molecule has 0 saturated carbocycles. The summed E-state index contributed by atoms with van der Waals surface area (Å²) in [5.41, 5.74) is 0.395. The molecule has 0 amide bonds. The van der Waals surface area contributed by atoms with E-state index in [1.54, 1.807) is 0 Å². The quantitative estimate of drug-likeness (QED) is 0.770. The Hall–Kier alpha value is -1.36. The molecular weight excluding hydrogens is 205 g/mol. The van der Waals surface area contributed by atoms with Gasteiger partial charge < -0.3 is 0 Å². The largest absolute Gasteiger partial charge is 0.270 e. The maximum absolute atomic E-state index is 12.5. The first-order valence-electron chi connectivity index (χ1n) is 3.84. The normalized spacial score (nSPS) is 11.0. The van der Waals surface area contributed by atoms with Crippen molar-refractivity contribution in [2.45, 2.75) is 0 Å². The summed E-state index contributed by atoms with van der Waals surface area (Å²) in [7, 11) is -2.11. The zero-order valence-electron chi connectivity index (χ0n) is 7.64. The number of hydrogen-bond acceptors (Lipinski definition) is 2. The molecule has 0 radical (unpaired) electrons. The highest BCUT2D eigenvalue weighted by Gasteiger charge is 2.13. The Bertz CT molecular complexity index is 425. The number of halogens is 1. The summed E-state index contributed by atoms with van der Waals surface area (Å²) in [5.74, 6) is -0.404. The molecule has 76 valence electrons. The number of nitrogens with zero attached hydrogens (tertiary/aromatic N) is 1. The summed E-state index contributed by atoms with van der Waals surface area (Å²) >= 11 is 0. The van der Waals surface area contributed by atoms with Crippen molar-refractivity contribution < 1.29 is 12.8 Å². The highest BCUT2D eigenvalue weighted by atomic mass is 32.2. The predicted octanol–water partition coefficient (Wildman–Crippen LogP) is 1.74. The fourth-order valence-electron chi connectivity index (χ4n) is 0.910. The van der Waals surface area contributed by atoms with Crippen molar-refractivity contribution >= 4 is 15.7 Å². The van der Waals surface area contributed by atoms with Gasteiger partial charge >= 0.3 is 0 Å². The van der Waals surface area contributed by atoms with Crippen LogP contribution in [-0.4, -0.2) is 15.5 Å². The van der Waals surface area contributed by atoms with Gasteiger partial charge in [-0.2, -0.15) is 0 Å². The lowest BCUT2D eigenvalue weighted by Crippen LogP contribution is -2.23. The molecule has 1 aromatic rings. The number of anilines is 1. The van der Waals surface area contributed by atoms with E-state index in [0.29, 0.717) is 5.69 Å². The molecule has 0 aliphatic heterocycles. The maximum atomic E-state index is 12.5. The first-order valence-corrected chi connectivity index (χ1v) is 5.34. The second-order valence-electron chi connectivity index (χ2n) is 2.66. The Morgan fingerprint density at radius 2 is 1.86 bits per heavy atom. The van der Waals surface area contributed by atoms with Gasteiger partial charge in [-0.05, 0) is 24.3 Å². The van der Waals surface area contributed by atoms with E-state index < -0.39 is 15.8 Å². The smallest absolute Gasteiger partial charge is 0.256 e. The Morgan fingerprint density at radius 1 is 1.36 bits per heavy atom. The van der Waals surface area contributed by atoms with Crippen LogP contribution in [0, 0.1) is 5.82 Å². The summed E-state index contributed by atoms with van der Waals surface area (Å²) in [6.45, 7) is 3.19. The van der Waals surface area contributed by atoms with Crippen molar-refractivity contribution in [1.29, 1.82) is 0 Å². The lowest BCUT2D eigenvalue weighted by atomic mass is 10.3. The first-order chi connectivity index (χ1) is 6.47. The number of sulfonamides is 1. The van der Waals surface area contributed by atoms with Crippen LogP contribution in [0.15, 0.2) is 36.3 Å². The third-order valence-electron chi connectivity index (χ3n) is 1.78. The lowest BCUT2D eigenvalue weighted by Gasteiger charge is -2.16. The molecule has 0 fully saturated rings. The lowest BCUT2D eigenvalue weighted by molar-refractivity contribution is 0.602. The van der Waals surface area contributed by atoms with Crippen molar-refractivity contribution in [2.24, 2.45) is 0 Å². The molecule has 0 aromatic heterocycles. The van der Waals surface area contributed by atoms with Crippen LogP contribution in [-0.2, 0) is 10.0 Å². The average Bonchev–Trinajstić information content (AvgIpc) is 2.18. The average molecular weight is 215 g/mol. The van der Waals surface area contributed by atoms with Crippen LogP contribution in [0.2, 0.25) is 0 Å². The number of rotatable bonds is 3. The van der Waals surface area contributed by atoms with Gasteiger partial charge in [0, 0.05) is 12.5 Å². The van der Waals surface area contributed by atoms with E-state index in [-0.39, 0.29) is 0 Å². The van der Waals surface area contributed by atoms with Crippen LogP contribution in [0.5, 0.6) is 0 Å². The minimum absolute atomic E-state index is 0.395. The van der Waals surface area contributed by atoms with E-state index in [4.69, 9.17) is 0 Å². The zero-order chi connectivity index (χ0) is 10.8. The van der Waals surface area contributed by atoms with Gasteiger partial charge in [-0.1, -0.05) is 6.58 Å². The SMILES string of the molecule is C=CS(=O)(=O)N(C)c1ccc(F)cc1. The minimum Gasteiger partial charge on any atom is -0.270 e. The van der Waals surface area contributed by atoms with Gasteiger partial charge in [0.05, 0.1) is 5.69 Å². The van der Waals surface area contributed by atoms with E-state index in [2.05, 4.69) is 6.58 Å². The molecular formula is C9H10FNO2S. The number of hydrogen-bond donors (Lipinski definition) is 0. The van der Waals surface area contributed by atoms with Crippen molar-refractivity contribution in [3.8, 4) is 0 Å². The monoisotopic (exact) mass is 215 g/mol. The fourth-order valence-corrected chi connectivity index (χ4v) is 1.55. The second-order valence-corrected chi connectivity index (χ2v) is 4.57. The predicted molar refractivity (Wildman–Crippen MR) is 53.9 cm³/mol. The van der Waals surface area contributed by atoms with Gasteiger partial charge in [-0.15, -0.1) is 0 Å². The van der Waals surface area contributed by atoms with E-state index in [1.165, 1.54) is 31.3 Å². The van der Waals surface area contributed by atoms with Crippen LogP contribution in [0.1, 0.15) is 0 Å². The molecule has 3 nitrogen and oxygen atoms in total. The maximum Gasteiger partial charge on any atom is 0.256 e. The standard InChI is InChI=1S/C9H10FNO2S/c1-3-14(12,13)11(2)9-6-4-8(10)5-7-9/h3-7H,1H2,2H3. The first kappa shape index (κ1) is 10.7. The van der Waals surface area contributed by atoms with Gasteiger partial charge in [0.15, 0.2) is 0 Å². The highest BCUT2D eigenvalue weighted by Crippen LogP contribution is 2.16. The molecule has 0 spiro atoms. The molecule has 5 heteroatoms. The number of benzene rings is 1. The molecule has 0 saturated heterocycles. The summed E-state index contributed by atoms with van der Waals surface area (Å²) in [5, 5.41) is 0.844. The Kier molecular flexibility index (Phi) is 2.90. The molecule has 0 aliphatic rings. The van der Waals surface area contributed by atoms with E-state index in [0.717, 1.165) is 9.71 Å². The minimum atomic E-state index is -3.49. The van der Waals surface area contributed by atoms with Gasteiger partial charge in [0.25, 0.3) is 10.0 Å². The van der Waals surface area contributed by atoms with Gasteiger partial charge in [0.2, 0.25) is 0 Å². The molecule has 1 aromatic carbocycles. The van der Waals surface area contributed by atoms with Crippen molar-refractivity contribution in [2.75, 3.05) is 11.4 Å². The third kappa shape index (κ3) is 2.11.